The van der Waals surface area contributed by atoms with Gasteiger partial charge >= 0.3 is 0 Å². The molecule has 0 atom stereocenters. The van der Waals surface area contributed by atoms with Crippen LogP contribution in [0.5, 0.6) is 11.5 Å². The normalized spacial score (nSPS) is 11.5. The molecule has 0 aliphatic heterocycles. The lowest BCUT2D eigenvalue weighted by Gasteiger charge is -2.25. The van der Waals surface area contributed by atoms with Crippen molar-refractivity contribution in [3.05, 3.63) is 22.8 Å². The fraction of sp³-hybridized carbons (Fsp3) is 0.600. The molecular weight excluding hydrogens is 244 g/mol. The Morgan fingerprint density at radius 1 is 0.789 bits per heavy atom. The van der Waals surface area contributed by atoms with E-state index in [1.807, 2.05) is 13.8 Å². The maximum atomic E-state index is 9.12. The lowest BCUT2D eigenvalue weighted by Crippen LogP contribution is -2.09. The van der Waals surface area contributed by atoms with E-state index in [0.717, 1.165) is 16.7 Å². The van der Waals surface area contributed by atoms with Gasteiger partial charge in [-0.25, -0.2) is 10.5 Å². The molecule has 2 N–H and O–H groups in total. The van der Waals surface area contributed by atoms with Gasteiger partial charge in [-0.1, -0.05) is 41.5 Å². The molecule has 0 amide bonds. The molecule has 0 heterocycles. The zero-order valence-electron chi connectivity index (χ0n) is 12.5. The minimum atomic E-state index is 0.146. The molecular formula is C15H24O4. The molecule has 19 heavy (non-hydrogen) atoms. The second kappa shape index (κ2) is 6.26. The highest BCUT2D eigenvalue weighted by atomic mass is 17.1. The molecule has 4 heteroatoms. The Bertz CT molecular complexity index is 436. The monoisotopic (exact) mass is 268 g/mol. The topological polar surface area (TPSA) is 58.9 Å². The summed E-state index contributed by atoms with van der Waals surface area (Å²) in [7, 11) is 0. The van der Waals surface area contributed by atoms with Crippen LogP contribution in [0.15, 0.2) is 6.07 Å². The third-order valence-electron chi connectivity index (χ3n) is 3.32. The van der Waals surface area contributed by atoms with Gasteiger partial charge in [-0.3, -0.25) is 0 Å². The molecule has 1 rings (SSSR count). The van der Waals surface area contributed by atoms with Crippen molar-refractivity contribution in [2.75, 3.05) is 0 Å². The Labute approximate surface area is 114 Å². The zero-order valence-corrected chi connectivity index (χ0v) is 12.5. The van der Waals surface area contributed by atoms with E-state index in [0.29, 0.717) is 0 Å². The Morgan fingerprint density at radius 3 is 1.63 bits per heavy atom. The molecule has 1 aromatic rings. The molecule has 108 valence electrons. The molecule has 0 unspecified atom stereocenters. The summed E-state index contributed by atoms with van der Waals surface area (Å²) in [6.07, 6.45) is 0. The number of benzene rings is 1. The van der Waals surface area contributed by atoms with E-state index in [1.54, 1.807) is 6.07 Å². The molecule has 0 fully saturated rings. The average Bonchev–Trinajstić information content (AvgIpc) is 2.35. The van der Waals surface area contributed by atoms with Crippen molar-refractivity contribution in [3.63, 3.8) is 0 Å². The summed E-state index contributed by atoms with van der Waals surface area (Å²) < 4.78 is 0. The molecule has 0 aromatic heterocycles. The molecule has 0 aliphatic rings. The molecule has 0 spiro atoms. The van der Waals surface area contributed by atoms with E-state index in [-0.39, 0.29) is 29.3 Å². The van der Waals surface area contributed by atoms with Gasteiger partial charge in [0.05, 0.1) is 0 Å². The lowest BCUT2D eigenvalue weighted by atomic mass is 9.82. The number of hydrogen-bond acceptors (Lipinski definition) is 4. The number of rotatable bonds is 5. The number of hydrogen-bond donors (Lipinski definition) is 2. The van der Waals surface area contributed by atoms with Gasteiger partial charge in [-0.2, -0.15) is 0 Å². The van der Waals surface area contributed by atoms with Crippen LogP contribution in [0.3, 0.4) is 0 Å². The van der Waals surface area contributed by atoms with Crippen molar-refractivity contribution in [1.82, 2.24) is 0 Å². The Hall–Kier alpha value is -1.26. The van der Waals surface area contributed by atoms with Gasteiger partial charge in [0, 0.05) is 5.56 Å². The van der Waals surface area contributed by atoms with Crippen molar-refractivity contribution in [3.8, 4) is 11.5 Å². The highest BCUT2D eigenvalue weighted by molar-refractivity contribution is 5.57. The lowest BCUT2D eigenvalue weighted by molar-refractivity contribution is -0.164. The molecule has 0 saturated carbocycles. The van der Waals surface area contributed by atoms with Gasteiger partial charge < -0.3 is 9.78 Å². The van der Waals surface area contributed by atoms with Crippen LogP contribution in [0.4, 0.5) is 0 Å². The second-order valence-electron chi connectivity index (χ2n) is 5.77. The van der Waals surface area contributed by atoms with Gasteiger partial charge in [0.1, 0.15) is 0 Å². The first-order valence-electron chi connectivity index (χ1n) is 6.68. The van der Waals surface area contributed by atoms with Crippen LogP contribution >= 0.6 is 0 Å². The summed E-state index contributed by atoms with van der Waals surface area (Å²) in [6, 6.07) is 1.73. The van der Waals surface area contributed by atoms with Gasteiger partial charge in [0.2, 0.25) is 11.5 Å². The predicted octanol–water partition coefficient (Wildman–Crippen LogP) is 4.76. The maximum absolute atomic E-state index is 9.12. The van der Waals surface area contributed by atoms with E-state index in [9.17, 15) is 0 Å². The van der Waals surface area contributed by atoms with E-state index < -0.39 is 0 Å². The average molecular weight is 268 g/mol. The summed E-state index contributed by atoms with van der Waals surface area (Å²) in [5, 5.41) is 18.1. The minimum absolute atomic E-state index is 0.146. The van der Waals surface area contributed by atoms with Crippen LogP contribution < -0.4 is 9.78 Å². The third kappa shape index (κ3) is 3.01. The summed E-state index contributed by atoms with van der Waals surface area (Å²) >= 11 is 0. The van der Waals surface area contributed by atoms with Crippen molar-refractivity contribution in [1.29, 1.82) is 0 Å². The third-order valence-corrected chi connectivity index (χ3v) is 3.32. The molecule has 0 aliphatic carbocycles. The van der Waals surface area contributed by atoms with E-state index in [2.05, 4.69) is 37.5 Å². The quantitative estimate of drug-likeness (QED) is 0.597. The Kier molecular flexibility index (Phi) is 5.20. The first-order chi connectivity index (χ1) is 8.84. The summed E-state index contributed by atoms with van der Waals surface area (Å²) in [5.74, 6) is 1.07. The van der Waals surface area contributed by atoms with E-state index in [1.165, 1.54) is 0 Å². The largest absolute Gasteiger partial charge is 0.336 e. The van der Waals surface area contributed by atoms with Gasteiger partial charge in [-0.05, 0) is 34.9 Å². The van der Waals surface area contributed by atoms with Gasteiger partial charge in [0.25, 0.3) is 0 Å². The zero-order chi connectivity index (χ0) is 14.7. The van der Waals surface area contributed by atoms with Crippen molar-refractivity contribution >= 4 is 0 Å². The van der Waals surface area contributed by atoms with Crippen LogP contribution in [0.1, 0.15) is 76.0 Å². The van der Waals surface area contributed by atoms with Gasteiger partial charge in [0.15, 0.2) is 0 Å². The fourth-order valence-corrected chi connectivity index (χ4v) is 2.55. The second-order valence-corrected chi connectivity index (χ2v) is 5.77. The highest BCUT2D eigenvalue weighted by Crippen LogP contribution is 2.44. The summed E-state index contributed by atoms with van der Waals surface area (Å²) in [6.45, 7) is 12.4. The van der Waals surface area contributed by atoms with Crippen LogP contribution in [-0.2, 0) is 0 Å². The Morgan fingerprint density at radius 2 is 1.32 bits per heavy atom. The van der Waals surface area contributed by atoms with Crippen LogP contribution in [0, 0.1) is 0 Å². The van der Waals surface area contributed by atoms with Gasteiger partial charge in [-0.15, -0.1) is 0 Å². The molecule has 0 saturated heterocycles. The van der Waals surface area contributed by atoms with Crippen molar-refractivity contribution < 1.29 is 20.3 Å². The minimum Gasteiger partial charge on any atom is -0.336 e. The SMILES string of the molecule is CC(C)c1cc(OO)c(OO)c(C(C)C)c1C(C)C. The fourth-order valence-electron chi connectivity index (χ4n) is 2.55. The smallest absolute Gasteiger partial charge is 0.214 e. The summed E-state index contributed by atoms with van der Waals surface area (Å²) in [5.41, 5.74) is 3.13. The highest BCUT2D eigenvalue weighted by Gasteiger charge is 2.25. The van der Waals surface area contributed by atoms with Crippen LogP contribution in [0.2, 0.25) is 0 Å². The molecule has 0 radical (unpaired) electrons. The van der Waals surface area contributed by atoms with E-state index in [4.69, 9.17) is 10.5 Å². The molecule has 4 nitrogen and oxygen atoms in total. The molecule has 0 bridgehead atoms. The van der Waals surface area contributed by atoms with E-state index >= 15 is 0 Å². The summed E-state index contributed by atoms with van der Waals surface area (Å²) in [4.78, 5) is 8.84. The maximum Gasteiger partial charge on any atom is 0.214 e. The van der Waals surface area contributed by atoms with Crippen molar-refractivity contribution in [2.45, 2.75) is 59.3 Å². The van der Waals surface area contributed by atoms with Crippen LogP contribution in [-0.4, -0.2) is 10.5 Å². The first kappa shape index (κ1) is 15.8. The Balaban J connectivity index is 3.73. The van der Waals surface area contributed by atoms with Crippen LogP contribution in [0.25, 0.3) is 0 Å². The predicted molar refractivity (Wildman–Crippen MR) is 75.2 cm³/mol. The first-order valence-corrected chi connectivity index (χ1v) is 6.68. The standard InChI is InChI=1S/C15H24O4/c1-8(2)11-7-12(18-16)15(19-17)14(10(5)6)13(11)9(3)4/h7-10,16-17H,1-6H3. The van der Waals surface area contributed by atoms with Crippen molar-refractivity contribution in [2.24, 2.45) is 0 Å². The molecule has 1 aromatic carbocycles.